The van der Waals surface area contributed by atoms with Gasteiger partial charge in [0.25, 0.3) is 0 Å². The van der Waals surface area contributed by atoms with Gasteiger partial charge in [0.05, 0.1) is 42.3 Å². The maximum atomic E-state index is 15.0. The summed E-state index contributed by atoms with van der Waals surface area (Å²) >= 11 is 0. The molecule has 0 amide bonds. The maximum absolute atomic E-state index is 15.0. The Labute approximate surface area is 592 Å². The summed E-state index contributed by atoms with van der Waals surface area (Å²) in [4.78, 5) is 33.0. The third kappa shape index (κ3) is 10.9. The largest absolute Gasteiger partial charge is 0.508 e. The van der Waals surface area contributed by atoms with Crippen LogP contribution < -0.4 is 16.2 Å². The van der Waals surface area contributed by atoms with Crippen molar-refractivity contribution in [2.75, 3.05) is 24.7 Å². The Kier molecular flexibility index (Phi) is 17.1. The minimum absolute atomic E-state index is 0.00667. The Balaban J connectivity index is 0.811. The van der Waals surface area contributed by atoms with Crippen molar-refractivity contribution in [3.8, 4) is 40.9 Å². The number of H-pyrrole nitrogens is 1. The SMILES string of the molecule is NC(N)c1cc2c3cc1CSSCC1CC4(C=CC(=O)CCc5ccc(O)c(c5)OCCc5ccc(O)c(c5)C3CC(=O)c3cc[nH]c3CC#C2)CC1(O)C1C=C2CC#CC3CC5CCC67C=CC(CC24)(CC5(O)C2CCC4(CCCC4)C32)C6Cc2ccccc2C(CO)C7CSS1. The molecule has 3 spiro atoms. The molecule has 11 nitrogen and oxygen atoms in total. The van der Waals surface area contributed by atoms with Gasteiger partial charge in [-0.05, 0) is 222 Å². The van der Waals surface area contributed by atoms with Crippen molar-refractivity contribution in [2.45, 2.75) is 169 Å². The lowest BCUT2D eigenvalue weighted by atomic mass is 9.45. The number of fused-ring (bicyclic) bond motifs is 14. The lowest BCUT2D eigenvalue weighted by Gasteiger charge is -2.60. The molecular weight excluding hydrogens is 1300 g/mol. The van der Waals surface area contributed by atoms with E-state index in [2.05, 4.69) is 83.3 Å². The van der Waals surface area contributed by atoms with Crippen LogP contribution in [-0.2, 0) is 36.2 Å². The van der Waals surface area contributed by atoms with E-state index in [0.29, 0.717) is 84.8 Å². The highest BCUT2D eigenvalue weighted by Crippen LogP contribution is 2.75. The van der Waals surface area contributed by atoms with Gasteiger partial charge in [-0.1, -0.05) is 158 Å². The molecule has 15 heteroatoms. The number of Topliss-reactive ketones (excluding diaryl/α,β-unsaturated/α-hetero) is 1. The van der Waals surface area contributed by atoms with Crippen molar-refractivity contribution < 1.29 is 39.9 Å². The lowest BCUT2D eigenvalue weighted by Crippen LogP contribution is -2.60. The van der Waals surface area contributed by atoms with Gasteiger partial charge in [0.15, 0.2) is 23.1 Å². The van der Waals surface area contributed by atoms with Gasteiger partial charge in [-0.15, -0.1) is 0 Å². The van der Waals surface area contributed by atoms with Gasteiger partial charge < -0.3 is 46.7 Å². The summed E-state index contributed by atoms with van der Waals surface area (Å²) in [5, 5.41) is 64.2. The Morgan fingerprint density at radius 1 is 0.735 bits per heavy atom. The predicted molar refractivity (Wildman–Crippen MR) is 392 cm³/mol. The van der Waals surface area contributed by atoms with Crippen LogP contribution in [0.3, 0.4) is 0 Å². The highest BCUT2D eigenvalue weighted by atomic mass is 33.1. The molecule has 11 aliphatic carbocycles. The van der Waals surface area contributed by atoms with Crippen molar-refractivity contribution in [1.29, 1.82) is 0 Å². The van der Waals surface area contributed by atoms with Crippen LogP contribution in [0.4, 0.5) is 0 Å². The zero-order valence-corrected chi connectivity index (χ0v) is 59.1. The number of aliphatic hydroxyl groups is 3. The number of phenolic OH excluding ortho intramolecular Hbond substituents is 2. The summed E-state index contributed by atoms with van der Waals surface area (Å²) in [5.41, 5.74) is 20.7. The van der Waals surface area contributed by atoms with Gasteiger partial charge in [-0.3, -0.25) is 9.59 Å². The second-order valence-corrected chi connectivity index (χ2v) is 37.0. The first kappa shape index (κ1) is 65.7. The van der Waals surface area contributed by atoms with Crippen LogP contribution in [0.2, 0.25) is 0 Å². The average Bonchev–Trinajstić information content (AvgIpc) is 1.51. The van der Waals surface area contributed by atoms with E-state index in [-0.39, 0.29) is 113 Å². The van der Waals surface area contributed by atoms with E-state index in [0.717, 1.165) is 77.8 Å². The van der Waals surface area contributed by atoms with Crippen LogP contribution in [0.1, 0.15) is 187 Å². The molecular formula is C83H91N3O8S4. The molecule has 16 atom stereocenters. The number of hydrogen-bond acceptors (Lipinski definition) is 14. The fourth-order valence-corrected chi connectivity index (χ4v) is 28.9. The molecule has 1 aromatic heterocycles. The van der Waals surface area contributed by atoms with Crippen LogP contribution in [0.25, 0.3) is 0 Å². The van der Waals surface area contributed by atoms with Crippen LogP contribution in [0.5, 0.6) is 17.2 Å². The highest BCUT2D eigenvalue weighted by molar-refractivity contribution is 8.77. The number of aromatic amines is 1. The molecule has 5 aromatic rings. The van der Waals surface area contributed by atoms with Crippen molar-refractivity contribution in [3.63, 3.8) is 0 Å². The number of aliphatic hydroxyl groups excluding tert-OH is 1. The Morgan fingerprint density at radius 2 is 1.57 bits per heavy atom. The third-order valence-corrected chi connectivity index (χ3v) is 32.6. The summed E-state index contributed by atoms with van der Waals surface area (Å²) in [5.74, 6) is 17.1. The maximum Gasteiger partial charge on any atom is 0.165 e. The number of carbonyl (C=O) groups excluding carboxylic acids is 2. The van der Waals surface area contributed by atoms with Crippen molar-refractivity contribution in [2.24, 2.45) is 80.5 Å². The first-order valence-electron chi connectivity index (χ1n) is 36.4. The molecule has 16 unspecified atom stereocenters. The van der Waals surface area contributed by atoms with Gasteiger partial charge in [0.2, 0.25) is 0 Å². The van der Waals surface area contributed by atoms with Gasteiger partial charge in [0, 0.05) is 89.3 Å². The molecule has 18 rings (SSSR count). The number of ether oxygens (including phenoxy) is 1. The molecule has 0 saturated heterocycles. The van der Waals surface area contributed by atoms with E-state index in [1.165, 1.54) is 48.8 Å². The van der Waals surface area contributed by atoms with Gasteiger partial charge in [-0.2, -0.15) is 0 Å². The number of aromatic nitrogens is 1. The van der Waals surface area contributed by atoms with E-state index in [4.69, 9.17) is 16.2 Å². The molecule has 0 radical (unpaired) electrons. The van der Waals surface area contributed by atoms with Gasteiger partial charge in [-0.25, -0.2) is 0 Å². The number of rotatable bonds is 2. The van der Waals surface area contributed by atoms with E-state index in [9.17, 15) is 30.3 Å². The Bertz CT molecular complexity index is 4260. The molecule has 5 saturated carbocycles. The zero-order valence-electron chi connectivity index (χ0n) is 55.8. The van der Waals surface area contributed by atoms with Crippen LogP contribution in [-0.4, -0.2) is 83.3 Å². The van der Waals surface area contributed by atoms with Gasteiger partial charge >= 0.3 is 0 Å². The monoisotopic (exact) mass is 1390 g/mol. The number of hydrogen-bond donors (Lipinski definition) is 8. The lowest BCUT2D eigenvalue weighted by molar-refractivity contribution is -0.176. The zero-order chi connectivity index (χ0) is 66.9. The molecule has 98 heavy (non-hydrogen) atoms. The predicted octanol–water partition coefficient (Wildman–Crippen LogP) is 14.7. The topological polar surface area (TPSA) is 212 Å². The molecule has 510 valence electrons. The van der Waals surface area contributed by atoms with E-state index in [1.807, 2.05) is 64.1 Å². The Hall–Kier alpha value is -5.56. The summed E-state index contributed by atoms with van der Waals surface area (Å²) < 4.78 is 6.38. The molecule has 5 fully saturated rings. The first-order chi connectivity index (χ1) is 47.5. The minimum atomic E-state index is -1.23. The number of ketones is 2. The molecule has 19 bridgehead atoms. The minimum Gasteiger partial charge on any atom is -0.508 e. The molecule has 3 heterocycles. The first-order valence-corrected chi connectivity index (χ1v) is 41.3. The average molecular weight is 1390 g/mol. The fraction of sp³-hybridized carbons (Fsp3) is 0.518. The second-order valence-electron chi connectivity index (χ2n) is 31.9. The van der Waals surface area contributed by atoms with Crippen LogP contribution >= 0.6 is 43.2 Å². The number of phenols is 2. The normalized spacial score (nSPS) is 36.6. The van der Waals surface area contributed by atoms with Gasteiger partial charge in [0.1, 0.15) is 5.75 Å². The number of benzene rings is 4. The number of aryl methyl sites for hydroxylation is 1. The van der Waals surface area contributed by atoms with Crippen LogP contribution in [0, 0.1) is 92.7 Å². The number of carbonyl (C=O) groups is 2. The van der Waals surface area contributed by atoms with Crippen LogP contribution in [0.15, 0.2) is 121 Å². The number of allylic oxidation sites excluding steroid dienone is 5. The van der Waals surface area contributed by atoms with E-state index >= 15 is 4.79 Å². The summed E-state index contributed by atoms with van der Waals surface area (Å²) in [6.45, 7) is 0.247. The van der Waals surface area contributed by atoms with E-state index in [1.54, 1.807) is 39.9 Å². The summed E-state index contributed by atoms with van der Waals surface area (Å²) in [6, 6.07) is 25.7. The van der Waals surface area contributed by atoms with Crippen molar-refractivity contribution in [3.05, 3.63) is 182 Å². The Morgan fingerprint density at radius 3 is 2.43 bits per heavy atom. The summed E-state index contributed by atoms with van der Waals surface area (Å²) in [7, 11) is 7.15. The molecule has 10 N–H and O–H groups in total. The number of nitrogens with two attached hydrogens (primary N) is 2. The molecule has 13 aliphatic rings. The third-order valence-electron chi connectivity index (χ3n) is 27.4. The number of aromatic hydroxyl groups is 2. The van der Waals surface area contributed by atoms with Crippen molar-refractivity contribution in [1.82, 2.24) is 4.98 Å². The quantitative estimate of drug-likeness (QED) is 0.0358. The second kappa shape index (κ2) is 25.4. The van der Waals surface area contributed by atoms with Crippen molar-refractivity contribution >= 4 is 54.7 Å². The highest BCUT2D eigenvalue weighted by Gasteiger charge is 2.71. The summed E-state index contributed by atoms with van der Waals surface area (Å²) in [6.07, 6.45) is 28.3. The fourth-order valence-electron chi connectivity index (χ4n) is 23.0. The molecule has 4 aromatic carbocycles. The molecule has 2 aliphatic heterocycles. The smallest absolute Gasteiger partial charge is 0.165 e. The number of nitrogens with one attached hydrogen (secondary N) is 1. The standard InChI is InChI=1S/C83H91N3O8S4/c84-77(85)62-36-51-8-6-12-69-60(22-31-86-69)72(91)40-63-61(51)37-55(62)44-95-96-45-57-41-79(26-20-58(88)16-13-49-15-18-71(90)73(34-49)94-32-23-50-14-17-70(89)64(63)33-50)47-83(57,93)75-39-53-9-5-10-54-35-56-19-28-81-30-29-80(42-67(53)79,48-82(56,92)66-21-27-78(76(54)66)24-3-4-25-78)74(81)38-52-7-1-2-11-59(52)65(43-87)68(81)46-97-98-75/h1-2,7,11,14-15,17-18,20,22,26,29-31,33-34,36-37,39,54,56-57,63,65-68,74-77,86-87,89-90,92-93H,3-4,9,12-13,16,19,21,23-25,27-28,32,35,38,40-48,84-85H2. The van der Waals surface area contributed by atoms with E-state index < -0.39 is 34.1 Å².